The van der Waals surface area contributed by atoms with Crippen molar-refractivity contribution in [3.8, 4) is 0 Å². The summed E-state index contributed by atoms with van der Waals surface area (Å²) in [6.07, 6.45) is 0. The Bertz CT molecular complexity index is 758. The molecule has 0 unspecified atom stereocenters. The van der Waals surface area contributed by atoms with Crippen LogP contribution in [0.3, 0.4) is 0 Å². The zero-order valence-electron chi connectivity index (χ0n) is 12.5. The Morgan fingerprint density at radius 3 is 2.27 bits per heavy atom. The monoisotopic (exact) mass is 318 g/mol. The predicted molar refractivity (Wildman–Crippen MR) is 86.5 cm³/mol. The maximum Gasteiger partial charge on any atom is 0.264 e. The molecule has 0 aliphatic heterocycles. The molecule has 0 spiro atoms. The second-order valence-electron chi connectivity index (χ2n) is 4.66. The summed E-state index contributed by atoms with van der Waals surface area (Å²) in [6, 6.07) is 14.8. The number of nitrogens with one attached hydrogen (secondary N) is 1. The molecule has 2 aromatic rings. The summed E-state index contributed by atoms with van der Waals surface area (Å²) >= 11 is 0. The van der Waals surface area contributed by atoms with Gasteiger partial charge in [-0.15, -0.1) is 0 Å². The molecule has 0 radical (unpaired) electrons. The van der Waals surface area contributed by atoms with Gasteiger partial charge in [0.2, 0.25) is 0 Å². The third kappa shape index (κ3) is 3.12. The summed E-state index contributed by atoms with van der Waals surface area (Å²) in [5, 5.41) is 2.69. The van der Waals surface area contributed by atoms with E-state index in [4.69, 9.17) is 0 Å². The van der Waals surface area contributed by atoms with Crippen LogP contribution in [-0.4, -0.2) is 27.9 Å². The van der Waals surface area contributed by atoms with Gasteiger partial charge in [-0.25, -0.2) is 8.42 Å². The lowest BCUT2D eigenvalue weighted by Crippen LogP contribution is -2.30. The lowest BCUT2D eigenvalue weighted by Gasteiger charge is -2.22. The van der Waals surface area contributed by atoms with Crippen LogP contribution in [0.25, 0.3) is 0 Å². The van der Waals surface area contributed by atoms with Crippen molar-refractivity contribution in [3.63, 3.8) is 0 Å². The van der Waals surface area contributed by atoms with Gasteiger partial charge in [-0.1, -0.05) is 30.3 Å². The average molecular weight is 318 g/mol. The first-order valence-electron chi connectivity index (χ1n) is 6.89. The van der Waals surface area contributed by atoms with Crippen molar-refractivity contribution in [2.24, 2.45) is 0 Å². The molecule has 0 aromatic heterocycles. The minimum Gasteiger partial charge on any atom is -0.352 e. The highest BCUT2D eigenvalue weighted by Gasteiger charge is 2.24. The topological polar surface area (TPSA) is 66.5 Å². The van der Waals surface area contributed by atoms with Crippen molar-refractivity contribution in [2.75, 3.05) is 17.9 Å². The highest BCUT2D eigenvalue weighted by atomic mass is 32.2. The van der Waals surface area contributed by atoms with Crippen LogP contribution in [0.4, 0.5) is 5.69 Å². The molecule has 1 N–H and O–H groups in total. The van der Waals surface area contributed by atoms with Crippen molar-refractivity contribution in [3.05, 3.63) is 60.2 Å². The predicted octanol–water partition coefficient (Wildman–Crippen LogP) is 2.26. The Kier molecular flexibility index (Phi) is 4.82. The number of nitrogens with zero attached hydrogens (tertiary/aromatic N) is 1. The molecule has 2 aromatic carbocycles. The Hall–Kier alpha value is -2.34. The molecule has 2 rings (SSSR count). The van der Waals surface area contributed by atoms with Crippen LogP contribution in [0, 0.1) is 0 Å². The molecular weight excluding hydrogens is 300 g/mol. The average Bonchev–Trinajstić information content (AvgIpc) is 2.55. The quantitative estimate of drug-likeness (QED) is 0.919. The van der Waals surface area contributed by atoms with Gasteiger partial charge in [0.15, 0.2) is 0 Å². The van der Waals surface area contributed by atoms with E-state index in [1.54, 1.807) is 42.5 Å². The number of benzene rings is 2. The molecule has 116 valence electrons. The number of rotatable bonds is 5. The van der Waals surface area contributed by atoms with Crippen LogP contribution >= 0.6 is 0 Å². The number of para-hydroxylation sites is 1. The normalized spacial score (nSPS) is 11.0. The smallest absolute Gasteiger partial charge is 0.264 e. The van der Waals surface area contributed by atoms with Gasteiger partial charge in [-0.3, -0.25) is 9.10 Å². The lowest BCUT2D eigenvalue weighted by atomic mass is 10.1. The largest absolute Gasteiger partial charge is 0.352 e. The van der Waals surface area contributed by atoms with Gasteiger partial charge in [0.05, 0.1) is 16.1 Å². The molecule has 6 heteroatoms. The summed E-state index contributed by atoms with van der Waals surface area (Å²) in [5.41, 5.74) is 0.670. The van der Waals surface area contributed by atoms with Gasteiger partial charge in [0.25, 0.3) is 15.9 Å². The van der Waals surface area contributed by atoms with E-state index in [0.717, 1.165) is 4.31 Å². The molecule has 0 atom stereocenters. The van der Waals surface area contributed by atoms with Crippen LogP contribution in [0.1, 0.15) is 17.3 Å². The highest BCUT2D eigenvalue weighted by molar-refractivity contribution is 7.92. The molecule has 0 heterocycles. The molecule has 0 aliphatic carbocycles. The van der Waals surface area contributed by atoms with E-state index in [1.807, 2.05) is 6.92 Å². The number of hydrogen-bond donors (Lipinski definition) is 1. The molecule has 0 bridgehead atoms. The third-order valence-electron chi connectivity index (χ3n) is 3.23. The van der Waals surface area contributed by atoms with E-state index >= 15 is 0 Å². The zero-order valence-corrected chi connectivity index (χ0v) is 13.3. The first kappa shape index (κ1) is 16.0. The third-order valence-corrected chi connectivity index (χ3v) is 5.01. The Morgan fingerprint density at radius 1 is 1.05 bits per heavy atom. The summed E-state index contributed by atoms with van der Waals surface area (Å²) in [6.45, 7) is 2.28. The molecular formula is C16H18N2O3S. The van der Waals surface area contributed by atoms with Crippen molar-refractivity contribution in [1.29, 1.82) is 0 Å². The van der Waals surface area contributed by atoms with E-state index < -0.39 is 10.0 Å². The molecule has 5 nitrogen and oxygen atoms in total. The maximum absolute atomic E-state index is 12.7. The van der Waals surface area contributed by atoms with E-state index in [0.29, 0.717) is 17.8 Å². The molecule has 22 heavy (non-hydrogen) atoms. The molecule has 0 aliphatic rings. The summed E-state index contributed by atoms with van der Waals surface area (Å²) in [4.78, 5) is 12.3. The van der Waals surface area contributed by atoms with Gasteiger partial charge >= 0.3 is 0 Å². The lowest BCUT2D eigenvalue weighted by molar-refractivity contribution is 0.0956. The van der Waals surface area contributed by atoms with E-state index in [2.05, 4.69) is 5.32 Å². The minimum absolute atomic E-state index is 0.184. The fourth-order valence-corrected chi connectivity index (χ4v) is 3.31. The Labute approximate surface area is 130 Å². The summed E-state index contributed by atoms with van der Waals surface area (Å²) in [7, 11) is -2.26. The second-order valence-corrected chi connectivity index (χ2v) is 6.63. The van der Waals surface area contributed by atoms with Gasteiger partial charge < -0.3 is 5.32 Å². The van der Waals surface area contributed by atoms with E-state index in [1.165, 1.54) is 19.2 Å². The fourth-order valence-electron chi connectivity index (χ4n) is 2.08. The van der Waals surface area contributed by atoms with Crippen LogP contribution in [-0.2, 0) is 10.0 Å². The number of carbonyl (C=O) groups excluding carboxylic acids is 1. The first-order valence-corrected chi connectivity index (χ1v) is 8.33. The number of sulfonamides is 1. The van der Waals surface area contributed by atoms with Crippen LogP contribution in [0.15, 0.2) is 59.5 Å². The number of amides is 1. The molecule has 0 saturated heterocycles. The zero-order chi connectivity index (χ0) is 16.2. The summed E-state index contributed by atoms with van der Waals surface area (Å²) in [5.74, 6) is -0.298. The molecule has 0 fully saturated rings. The second kappa shape index (κ2) is 6.62. The maximum atomic E-state index is 12.7. The fraction of sp³-hybridized carbons (Fsp3) is 0.188. The Balaban J connectivity index is 2.46. The van der Waals surface area contributed by atoms with Gasteiger partial charge in [-0.2, -0.15) is 0 Å². The van der Waals surface area contributed by atoms with Crippen molar-refractivity contribution in [2.45, 2.75) is 11.8 Å². The van der Waals surface area contributed by atoms with Crippen molar-refractivity contribution < 1.29 is 13.2 Å². The van der Waals surface area contributed by atoms with Gasteiger partial charge in [0.1, 0.15) is 0 Å². The first-order chi connectivity index (χ1) is 10.5. The SMILES string of the molecule is CCNC(=O)c1ccccc1N(C)S(=O)(=O)c1ccccc1. The van der Waals surface area contributed by atoms with Crippen LogP contribution in [0.2, 0.25) is 0 Å². The standard InChI is InChI=1S/C16H18N2O3S/c1-3-17-16(19)14-11-7-8-12-15(14)18(2)22(20,21)13-9-5-4-6-10-13/h4-12H,3H2,1-2H3,(H,17,19). The molecule has 0 saturated carbocycles. The number of anilines is 1. The van der Waals surface area contributed by atoms with Crippen molar-refractivity contribution in [1.82, 2.24) is 5.32 Å². The minimum atomic E-state index is -3.71. The van der Waals surface area contributed by atoms with Gasteiger partial charge in [-0.05, 0) is 31.2 Å². The summed E-state index contributed by atoms with van der Waals surface area (Å²) < 4.78 is 26.5. The van der Waals surface area contributed by atoms with E-state index in [9.17, 15) is 13.2 Å². The van der Waals surface area contributed by atoms with Gasteiger partial charge in [0, 0.05) is 13.6 Å². The number of carbonyl (C=O) groups is 1. The molecule has 1 amide bonds. The Morgan fingerprint density at radius 2 is 1.64 bits per heavy atom. The number of hydrogen-bond acceptors (Lipinski definition) is 3. The van der Waals surface area contributed by atoms with Crippen LogP contribution < -0.4 is 9.62 Å². The van der Waals surface area contributed by atoms with Crippen molar-refractivity contribution >= 4 is 21.6 Å². The highest BCUT2D eigenvalue weighted by Crippen LogP contribution is 2.25. The van der Waals surface area contributed by atoms with Crippen LogP contribution in [0.5, 0.6) is 0 Å². The van der Waals surface area contributed by atoms with E-state index in [-0.39, 0.29) is 10.8 Å².